The summed E-state index contributed by atoms with van der Waals surface area (Å²) < 4.78 is 5.84. The fourth-order valence-corrected chi connectivity index (χ4v) is 2.01. The Kier molecular flexibility index (Phi) is 5.01. The van der Waals surface area contributed by atoms with Gasteiger partial charge < -0.3 is 15.4 Å². The molecule has 1 atom stereocenters. The summed E-state index contributed by atoms with van der Waals surface area (Å²) in [7, 11) is 0. The summed E-state index contributed by atoms with van der Waals surface area (Å²) >= 11 is 0. The maximum absolute atomic E-state index is 11.9. The molecule has 0 spiro atoms. The number of hydrogen-bond acceptors (Lipinski definition) is 3. The molecule has 0 aromatic heterocycles. The first-order chi connectivity index (χ1) is 9.60. The van der Waals surface area contributed by atoms with Crippen LogP contribution in [-0.4, -0.2) is 24.6 Å². The molecule has 1 unspecified atom stereocenters. The Morgan fingerprint density at radius 2 is 2.20 bits per heavy atom. The molecule has 1 aliphatic carbocycles. The Morgan fingerprint density at radius 1 is 1.45 bits per heavy atom. The Bertz CT molecular complexity index is 470. The molecular weight excluding hydrogens is 252 g/mol. The average molecular weight is 276 g/mol. The molecule has 110 valence electrons. The van der Waals surface area contributed by atoms with Crippen LogP contribution in [0.1, 0.15) is 37.8 Å². The third-order valence-corrected chi connectivity index (χ3v) is 3.38. The maximum atomic E-state index is 11.9. The molecule has 2 rings (SSSR count). The van der Waals surface area contributed by atoms with Crippen molar-refractivity contribution in [1.29, 1.82) is 0 Å². The largest absolute Gasteiger partial charge is 0.481 e. The number of nitrogens with one attached hydrogen (secondary N) is 2. The lowest BCUT2D eigenvalue weighted by Gasteiger charge is -2.18. The molecule has 1 amide bonds. The first kappa shape index (κ1) is 14.9. The highest BCUT2D eigenvalue weighted by Crippen LogP contribution is 2.22. The van der Waals surface area contributed by atoms with E-state index in [1.54, 1.807) is 6.92 Å². The molecule has 1 aliphatic rings. The van der Waals surface area contributed by atoms with Gasteiger partial charge in [0.2, 0.25) is 0 Å². The molecule has 0 bridgehead atoms. The van der Waals surface area contributed by atoms with E-state index in [0.29, 0.717) is 6.04 Å². The van der Waals surface area contributed by atoms with Crippen LogP contribution in [0, 0.1) is 6.92 Å². The van der Waals surface area contributed by atoms with Gasteiger partial charge in [-0.15, -0.1) is 0 Å². The predicted octanol–water partition coefficient (Wildman–Crippen LogP) is 2.15. The summed E-state index contributed by atoms with van der Waals surface area (Å²) in [5.41, 5.74) is 2.29. The molecular formula is C16H24N2O2. The van der Waals surface area contributed by atoms with Gasteiger partial charge in [0.15, 0.2) is 6.10 Å². The van der Waals surface area contributed by atoms with E-state index in [9.17, 15) is 4.79 Å². The van der Waals surface area contributed by atoms with Crippen LogP contribution in [-0.2, 0) is 11.3 Å². The number of aryl methyl sites for hydroxylation is 1. The SMILES string of the molecule is CCNCc1cc(C)ccc1OC(C)C(=O)NC1CC1. The van der Waals surface area contributed by atoms with Gasteiger partial charge in [0.1, 0.15) is 5.75 Å². The third kappa shape index (κ3) is 4.23. The molecule has 4 nitrogen and oxygen atoms in total. The summed E-state index contributed by atoms with van der Waals surface area (Å²) in [6, 6.07) is 6.43. The maximum Gasteiger partial charge on any atom is 0.260 e. The number of carbonyl (C=O) groups is 1. The Balaban J connectivity index is 2.00. The van der Waals surface area contributed by atoms with Crippen molar-refractivity contribution in [1.82, 2.24) is 10.6 Å². The van der Waals surface area contributed by atoms with Gasteiger partial charge in [-0.3, -0.25) is 4.79 Å². The van der Waals surface area contributed by atoms with Crippen molar-refractivity contribution < 1.29 is 9.53 Å². The van der Waals surface area contributed by atoms with Gasteiger partial charge in [0.25, 0.3) is 5.91 Å². The molecule has 0 saturated heterocycles. The average Bonchev–Trinajstić information content (AvgIpc) is 3.22. The minimum absolute atomic E-state index is 0.0255. The van der Waals surface area contributed by atoms with Gasteiger partial charge in [-0.1, -0.05) is 24.6 Å². The predicted molar refractivity (Wildman–Crippen MR) is 79.8 cm³/mol. The van der Waals surface area contributed by atoms with E-state index < -0.39 is 6.10 Å². The molecule has 0 radical (unpaired) electrons. The second-order valence-electron chi connectivity index (χ2n) is 5.43. The van der Waals surface area contributed by atoms with Gasteiger partial charge in [0, 0.05) is 18.2 Å². The summed E-state index contributed by atoms with van der Waals surface area (Å²) in [4.78, 5) is 11.9. The van der Waals surface area contributed by atoms with Gasteiger partial charge in [-0.05, 0) is 39.3 Å². The standard InChI is InChI=1S/C16H24N2O2/c1-4-17-10-13-9-11(2)5-8-15(13)20-12(3)16(19)18-14-6-7-14/h5,8-9,12,14,17H,4,6-7,10H2,1-3H3,(H,18,19). The summed E-state index contributed by atoms with van der Waals surface area (Å²) in [6.07, 6.45) is 1.72. The highest BCUT2D eigenvalue weighted by molar-refractivity contribution is 5.81. The van der Waals surface area contributed by atoms with Crippen molar-refractivity contribution >= 4 is 5.91 Å². The smallest absolute Gasteiger partial charge is 0.260 e. The summed E-state index contributed by atoms with van der Waals surface area (Å²) in [6.45, 7) is 7.59. The lowest BCUT2D eigenvalue weighted by atomic mass is 10.1. The topological polar surface area (TPSA) is 50.4 Å². The number of hydrogen-bond donors (Lipinski definition) is 2. The van der Waals surface area contributed by atoms with Crippen molar-refractivity contribution in [3.05, 3.63) is 29.3 Å². The fourth-order valence-electron chi connectivity index (χ4n) is 2.01. The summed E-state index contributed by atoms with van der Waals surface area (Å²) in [5.74, 6) is 0.762. The van der Waals surface area contributed by atoms with Crippen LogP contribution in [0.4, 0.5) is 0 Å². The van der Waals surface area contributed by atoms with Crippen molar-refractivity contribution in [3.8, 4) is 5.75 Å². The van der Waals surface area contributed by atoms with Crippen molar-refractivity contribution in [3.63, 3.8) is 0 Å². The number of carbonyl (C=O) groups excluding carboxylic acids is 1. The first-order valence-electron chi connectivity index (χ1n) is 7.37. The molecule has 4 heteroatoms. The monoisotopic (exact) mass is 276 g/mol. The number of benzene rings is 1. The zero-order valence-corrected chi connectivity index (χ0v) is 12.5. The zero-order valence-electron chi connectivity index (χ0n) is 12.5. The van der Waals surface area contributed by atoms with Gasteiger partial charge in [-0.25, -0.2) is 0 Å². The molecule has 0 aliphatic heterocycles. The van der Waals surface area contributed by atoms with Crippen LogP contribution in [0.25, 0.3) is 0 Å². The minimum Gasteiger partial charge on any atom is -0.481 e. The summed E-state index contributed by atoms with van der Waals surface area (Å²) in [5, 5.41) is 6.26. The molecule has 2 N–H and O–H groups in total. The van der Waals surface area contributed by atoms with E-state index in [2.05, 4.69) is 30.5 Å². The number of amides is 1. The zero-order chi connectivity index (χ0) is 14.5. The molecule has 20 heavy (non-hydrogen) atoms. The van der Waals surface area contributed by atoms with E-state index in [0.717, 1.165) is 37.2 Å². The quantitative estimate of drug-likeness (QED) is 0.802. The number of rotatable bonds is 7. The van der Waals surface area contributed by atoms with Gasteiger partial charge in [-0.2, -0.15) is 0 Å². The van der Waals surface area contributed by atoms with Crippen LogP contribution in [0.5, 0.6) is 5.75 Å². The van der Waals surface area contributed by atoms with Crippen LogP contribution >= 0.6 is 0 Å². The molecule has 1 aromatic rings. The highest BCUT2D eigenvalue weighted by atomic mass is 16.5. The van der Waals surface area contributed by atoms with Crippen LogP contribution in [0.15, 0.2) is 18.2 Å². The van der Waals surface area contributed by atoms with E-state index in [-0.39, 0.29) is 5.91 Å². The van der Waals surface area contributed by atoms with Crippen molar-refractivity contribution in [2.75, 3.05) is 6.54 Å². The molecule has 1 aromatic carbocycles. The Labute approximate surface area is 120 Å². The van der Waals surface area contributed by atoms with Crippen molar-refractivity contribution in [2.45, 2.75) is 52.3 Å². The normalized spacial score (nSPS) is 15.8. The third-order valence-electron chi connectivity index (χ3n) is 3.38. The lowest BCUT2D eigenvalue weighted by molar-refractivity contribution is -0.127. The molecule has 0 heterocycles. The lowest BCUT2D eigenvalue weighted by Crippen LogP contribution is -2.37. The van der Waals surface area contributed by atoms with Gasteiger partial charge in [0.05, 0.1) is 0 Å². The van der Waals surface area contributed by atoms with Gasteiger partial charge >= 0.3 is 0 Å². The number of ether oxygens (including phenoxy) is 1. The first-order valence-corrected chi connectivity index (χ1v) is 7.37. The fraction of sp³-hybridized carbons (Fsp3) is 0.562. The Morgan fingerprint density at radius 3 is 2.85 bits per heavy atom. The highest BCUT2D eigenvalue weighted by Gasteiger charge is 2.26. The van der Waals surface area contributed by atoms with Crippen LogP contribution in [0.2, 0.25) is 0 Å². The minimum atomic E-state index is -0.460. The van der Waals surface area contributed by atoms with E-state index in [1.165, 1.54) is 5.56 Å². The van der Waals surface area contributed by atoms with Crippen LogP contribution in [0.3, 0.4) is 0 Å². The second kappa shape index (κ2) is 6.75. The van der Waals surface area contributed by atoms with Crippen molar-refractivity contribution in [2.24, 2.45) is 0 Å². The van der Waals surface area contributed by atoms with Crippen LogP contribution < -0.4 is 15.4 Å². The Hall–Kier alpha value is -1.55. The van der Waals surface area contributed by atoms with E-state index >= 15 is 0 Å². The van der Waals surface area contributed by atoms with E-state index in [4.69, 9.17) is 4.74 Å². The second-order valence-corrected chi connectivity index (χ2v) is 5.43. The molecule has 1 fully saturated rings. The molecule has 1 saturated carbocycles. The van der Waals surface area contributed by atoms with E-state index in [1.807, 2.05) is 12.1 Å².